The molecule has 0 aromatic heterocycles. The van der Waals surface area contributed by atoms with Crippen LogP contribution in [0.1, 0.15) is 101 Å². The summed E-state index contributed by atoms with van der Waals surface area (Å²) < 4.78 is 61.0. The summed E-state index contributed by atoms with van der Waals surface area (Å²) in [5.41, 5.74) is -0.262. The van der Waals surface area contributed by atoms with Crippen LogP contribution in [-0.2, 0) is 20.0 Å². The Kier molecular flexibility index (Phi) is 14.1. The molecule has 3 rings (SSSR count). The number of para-hydroxylation sites is 1. The highest BCUT2D eigenvalue weighted by atomic mass is 32.2. The van der Waals surface area contributed by atoms with Crippen molar-refractivity contribution in [2.45, 2.75) is 101 Å². The van der Waals surface area contributed by atoms with Crippen molar-refractivity contribution in [2.24, 2.45) is 0 Å². The van der Waals surface area contributed by atoms with Crippen LogP contribution in [0.4, 0.5) is 5.69 Å². The van der Waals surface area contributed by atoms with Crippen LogP contribution in [0.5, 0.6) is 5.75 Å². The Bertz CT molecular complexity index is 1580. The van der Waals surface area contributed by atoms with E-state index in [1.807, 2.05) is 0 Å². The Morgan fingerprint density at radius 1 is 0.614 bits per heavy atom. The highest BCUT2D eigenvalue weighted by molar-refractivity contribution is 7.92. The van der Waals surface area contributed by atoms with Crippen molar-refractivity contribution in [3.05, 3.63) is 60.2 Å². The lowest BCUT2D eigenvalue weighted by Crippen LogP contribution is -2.33. The first-order valence-electron chi connectivity index (χ1n) is 15.8. The fourth-order valence-electron chi connectivity index (χ4n) is 5.18. The first-order valence-corrected chi connectivity index (χ1v) is 18.7. The van der Waals surface area contributed by atoms with Gasteiger partial charge in [0.2, 0.25) is 20.0 Å². The fraction of sp³-hybridized carbons (Fsp3) is 0.485. The van der Waals surface area contributed by atoms with Gasteiger partial charge in [0.25, 0.3) is 5.91 Å². The lowest BCUT2D eigenvalue weighted by atomic mass is 10.0. The summed E-state index contributed by atoms with van der Waals surface area (Å²) in [7, 11) is -9.04. The smallest absolute Gasteiger partial charge is 0.260 e. The molecule has 0 bridgehead atoms. The average molecular weight is 646 g/mol. The summed E-state index contributed by atoms with van der Waals surface area (Å²) in [5.74, 6) is -1.55. The Hall–Kier alpha value is -2.99. The van der Waals surface area contributed by atoms with E-state index in [0.717, 1.165) is 64.2 Å². The molecule has 44 heavy (non-hydrogen) atoms. The summed E-state index contributed by atoms with van der Waals surface area (Å²) in [4.78, 5) is 12.4. The Labute approximate surface area is 263 Å². The molecule has 0 aliphatic rings. The highest BCUT2D eigenvalue weighted by Crippen LogP contribution is 2.40. The van der Waals surface area contributed by atoms with Crippen LogP contribution in [0.2, 0.25) is 0 Å². The van der Waals surface area contributed by atoms with E-state index in [1.54, 1.807) is 42.5 Å². The predicted molar refractivity (Wildman–Crippen MR) is 177 cm³/mol. The van der Waals surface area contributed by atoms with Crippen molar-refractivity contribution in [3.63, 3.8) is 0 Å². The molecule has 9 nitrogen and oxygen atoms in total. The number of sulfonamides is 2. The summed E-state index contributed by atoms with van der Waals surface area (Å²) >= 11 is 0. The number of unbranched alkanes of at least 4 members (excludes halogenated alkanes) is 10. The standard InChI is InChI=1S/C33H47N3O6S2/c1-3-5-7-9-11-18-24-34-43(39,40)31-28-23-17-16-22-27(28)30(37)29(33(38)36-26-20-14-13-15-21-26)32(31)44(41,42)35-25-19-12-10-8-6-4-2/h13-17,20-23,34-35,37H,3-12,18-19,24-25H2,1-2H3,(H,36,38). The number of aromatic hydroxyl groups is 1. The normalized spacial score (nSPS) is 12.0. The molecule has 11 heteroatoms. The Morgan fingerprint density at radius 3 is 1.61 bits per heavy atom. The van der Waals surface area contributed by atoms with E-state index < -0.39 is 47.1 Å². The number of amides is 1. The molecule has 1 amide bonds. The molecule has 0 fully saturated rings. The minimum atomic E-state index is -4.59. The maximum Gasteiger partial charge on any atom is 0.260 e. The van der Waals surface area contributed by atoms with Gasteiger partial charge in [0, 0.05) is 29.5 Å². The molecule has 3 aromatic carbocycles. The SMILES string of the molecule is CCCCCCCCNS(=O)(=O)c1c(C(=O)Nc2ccccc2)c(O)c2ccccc2c1S(=O)(=O)NCCCCCCCC. The fourth-order valence-corrected chi connectivity index (χ4v) is 8.58. The van der Waals surface area contributed by atoms with Gasteiger partial charge >= 0.3 is 0 Å². The number of anilines is 1. The van der Waals surface area contributed by atoms with Gasteiger partial charge in [-0.2, -0.15) is 0 Å². The molecule has 0 spiro atoms. The molecular formula is C33H47N3O6S2. The van der Waals surface area contributed by atoms with Crippen molar-refractivity contribution < 1.29 is 26.7 Å². The summed E-state index contributed by atoms with van der Waals surface area (Å²) in [6, 6.07) is 14.4. The molecule has 0 unspecified atom stereocenters. The summed E-state index contributed by atoms with van der Waals surface area (Å²) in [6.45, 7) is 4.41. The molecule has 0 aliphatic heterocycles. The third-order valence-corrected chi connectivity index (χ3v) is 10.7. The molecule has 3 aromatic rings. The average Bonchev–Trinajstić information content (AvgIpc) is 3.00. The second-order valence-corrected chi connectivity index (χ2v) is 14.5. The first kappa shape index (κ1) is 35.5. The van der Waals surface area contributed by atoms with Crippen molar-refractivity contribution >= 4 is 42.4 Å². The Balaban J connectivity index is 2.08. The molecule has 242 valence electrons. The van der Waals surface area contributed by atoms with E-state index in [-0.39, 0.29) is 23.9 Å². The number of phenols is 1. The monoisotopic (exact) mass is 645 g/mol. The maximum absolute atomic E-state index is 14.0. The zero-order valence-corrected chi connectivity index (χ0v) is 27.5. The Morgan fingerprint density at radius 2 is 1.07 bits per heavy atom. The molecular weight excluding hydrogens is 599 g/mol. The van der Waals surface area contributed by atoms with Crippen LogP contribution in [-0.4, -0.2) is 40.9 Å². The minimum absolute atomic E-state index is 0.0108. The predicted octanol–water partition coefficient (Wildman–Crippen LogP) is 7.08. The van der Waals surface area contributed by atoms with Crippen molar-refractivity contribution in [1.82, 2.24) is 9.44 Å². The number of benzene rings is 3. The van der Waals surface area contributed by atoms with Crippen molar-refractivity contribution in [3.8, 4) is 5.75 Å². The van der Waals surface area contributed by atoms with Crippen molar-refractivity contribution in [1.29, 1.82) is 0 Å². The maximum atomic E-state index is 14.0. The molecule has 0 radical (unpaired) electrons. The molecule has 0 saturated heterocycles. The lowest BCUT2D eigenvalue weighted by molar-refractivity contribution is 0.102. The second-order valence-electron chi connectivity index (χ2n) is 11.1. The number of phenolic OH excluding ortho intramolecular Hbond substituents is 1. The number of carbonyl (C=O) groups is 1. The summed E-state index contributed by atoms with van der Waals surface area (Å²) in [6.07, 6.45) is 11.2. The third-order valence-electron chi connectivity index (χ3n) is 7.54. The van der Waals surface area contributed by atoms with Crippen LogP contribution >= 0.6 is 0 Å². The summed E-state index contributed by atoms with van der Waals surface area (Å²) in [5, 5.41) is 14.1. The molecule has 0 heterocycles. The molecule has 0 atom stereocenters. The molecule has 4 N–H and O–H groups in total. The number of rotatable bonds is 20. The van der Waals surface area contributed by atoms with E-state index in [4.69, 9.17) is 0 Å². The number of nitrogens with one attached hydrogen (secondary N) is 3. The third kappa shape index (κ3) is 9.76. The second kappa shape index (κ2) is 17.5. The van der Waals surface area contributed by atoms with E-state index >= 15 is 0 Å². The van der Waals surface area contributed by atoms with Crippen molar-refractivity contribution in [2.75, 3.05) is 18.4 Å². The largest absolute Gasteiger partial charge is 0.506 e. The van der Waals surface area contributed by atoms with Gasteiger partial charge in [-0.3, -0.25) is 4.79 Å². The van der Waals surface area contributed by atoms with Crippen LogP contribution in [0.15, 0.2) is 64.4 Å². The van der Waals surface area contributed by atoms with Crippen LogP contribution in [0, 0.1) is 0 Å². The zero-order chi connectivity index (χ0) is 32.0. The van der Waals surface area contributed by atoms with Crippen LogP contribution in [0.3, 0.4) is 0 Å². The number of carbonyl (C=O) groups excluding carboxylic acids is 1. The van der Waals surface area contributed by atoms with Crippen LogP contribution < -0.4 is 14.8 Å². The van der Waals surface area contributed by atoms with Crippen LogP contribution in [0.25, 0.3) is 10.8 Å². The van der Waals surface area contributed by atoms with E-state index in [0.29, 0.717) is 18.5 Å². The highest BCUT2D eigenvalue weighted by Gasteiger charge is 2.37. The number of hydrogen-bond donors (Lipinski definition) is 4. The van der Waals surface area contributed by atoms with Gasteiger partial charge in [-0.05, 0) is 25.0 Å². The van der Waals surface area contributed by atoms with E-state index in [1.165, 1.54) is 12.1 Å². The van der Waals surface area contributed by atoms with E-state index in [9.17, 15) is 26.7 Å². The number of fused-ring (bicyclic) bond motifs is 1. The molecule has 0 saturated carbocycles. The first-order chi connectivity index (χ1) is 21.1. The number of hydrogen-bond acceptors (Lipinski definition) is 6. The van der Waals surface area contributed by atoms with Gasteiger partial charge in [0.05, 0.1) is 0 Å². The van der Waals surface area contributed by atoms with Gasteiger partial charge in [0.1, 0.15) is 21.1 Å². The van der Waals surface area contributed by atoms with E-state index in [2.05, 4.69) is 28.6 Å². The lowest BCUT2D eigenvalue weighted by Gasteiger charge is -2.20. The minimum Gasteiger partial charge on any atom is -0.506 e. The molecule has 0 aliphatic carbocycles. The topological polar surface area (TPSA) is 142 Å². The van der Waals surface area contributed by atoms with Gasteiger partial charge in [-0.1, -0.05) is 121 Å². The van der Waals surface area contributed by atoms with Gasteiger partial charge in [-0.25, -0.2) is 26.3 Å². The van der Waals surface area contributed by atoms with Gasteiger partial charge in [0.15, 0.2) is 0 Å². The van der Waals surface area contributed by atoms with Gasteiger partial charge < -0.3 is 10.4 Å². The zero-order valence-electron chi connectivity index (χ0n) is 25.9. The van der Waals surface area contributed by atoms with Gasteiger partial charge in [-0.15, -0.1) is 0 Å². The quantitative estimate of drug-likeness (QED) is 0.0968.